The zero-order chi connectivity index (χ0) is 13.8. The summed E-state index contributed by atoms with van der Waals surface area (Å²) in [5.74, 6) is 0.828. The van der Waals surface area contributed by atoms with Crippen LogP contribution in [0.5, 0.6) is 5.75 Å². The van der Waals surface area contributed by atoms with Gasteiger partial charge in [0.25, 0.3) is 0 Å². The van der Waals surface area contributed by atoms with Crippen molar-refractivity contribution in [2.75, 3.05) is 20.3 Å². The lowest BCUT2D eigenvalue weighted by molar-refractivity contribution is 0.0617. The first-order chi connectivity index (χ1) is 9.13. The highest BCUT2D eigenvalue weighted by atomic mass is 19.1. The molecule has 1 aliphatic rings. The molecule has 1 aromatic rings. The fraction of sp³-hybridized carbons (Fsp3) is 0.600. The van der Waals surface area contributed by atoms with E-state index in [1.165, 1.54) is 6.07 Å². The second-order valence-electron chi connectivity index (χ2n) is 5.26. The second-order valence-corrected chi connectivity index (χ2v) is 5.26. The molecule has 3 nitrogen and oxygen atoms in total. The van der Waals surface area contributed by atoms with Gasteiger partial charge in [-0.15, -0.1) is 0 Å². The molecule has 19 heavy (non-hydrogen) atoms. The summed E-state index contributed by atoms with van der Waals surface area (Å²) < 4.78 is 25.1. The van der Waals surface area contributed by atoms with Gasteiger partial charge in [-0.05, 0) is 24.5 Å². The largest absolute Gasteiger partial charge is 0.496 e. The van der Waals surface area contributed by atoms with Gasteiger partial charge in [0.15, 0.2) is 0 Å². The van der Waals surface area contributed by atoms with Crippen molar-refractivity contribution in [1.82, 2.24) is 5.32 Å². The Balaban J connectivity index is 2.18. The molecule has 1 saturated heterocycles. The molecule has 0 aromatic heterocycles. The number of benzene rings is 1. The van der Waals surface area contributed by atoms with Gasteiger partial charge in [-0.1, -0.05) is 19.9 Å². The summed E-state index contributed by atoms with van der Waals surface area (Å²) in [5, 5.41) is 3.46. The first-order valence-corrected chi connectivity index (χ1v) is 6.81. The third-order valence-electron chi connectivity index (χ3n) is 3.67. The maximum atomic E-state index is 14.0. The van der Waals surface area contributed by atoms with Crippen molar-refractivity contribution in [1.29, 1.82) is 0 Å². The molecule has 0 bridgehead atoms. The maximum Gasteiger partial charge on any atom is 0.132 e. The number of ether oxygens (including phenoxy) is 2. The predicted molar refractivity (Wildman–Crippen MR) is 72.9 cm³/mol. The molecule has 0 spiro atoms. The molecule has 4 heteroatoms. The normalized spacial score (nSPS) is 24.3. The summed E-state index contributed by atoms with van der Waals surface area (Å²) in [6.45, 7) is 5.61. The smallest absolute Gasteiger partial charge is 0.132 e. The van der Waals surface area contributed by atoms with Gasteiger partial charge < -0.3 is 14.8 Å². The van der Waals surface area contributed by atoms with Crippen LogP contribution in [0, 0.1) is 11.7 Å². The molecule has 1 aliphatic heterocycles. The van der Waals surface area contributed by atoms with Gasteiger partial charge in [-0.2, -0.15) is 0 Å². The van der Waals surface area contributed by atoms with Crippen LogP contribution < -0.4 is 10.1 Å². The van der Waals surface area contributed by atoms with E-state index in [4.69, 9.17) is 9.47 Å². The predicted octanol–water partition coefficient (Wildman–Crippen LogP) is 2.91. The van der Waals surface area contributed by atoms with Crippen molar-refractivity contribution in [3.05, 3.63) is 29.6 Å². The topological polar surface area (TPSA) is 30.5 Å². The standard InChI is InChI=1S/C15H22FNO2/c1-10(2)12-7-8-19-14(9-17-12)15-11(16)5-4-6-13(15)18-3/h4-6,10,12,14,17H,7-9H2,1-3H3. The summed E-state index contributed by atoms with van der Waals surface area (Å²) in [5.41, 5.74) is 0.516. The van der Waals surface area contributed by atoms with Gasteiger partial charge >= 0.3 is 0 Å². The van der Waals surface area contributed by atoms with E-state index in [1.54, 1.807) is 19.2 Å². The van der Waals surface area contributed by atoms with Crippen LogP contribution in [0.15, 0.2) is 18.2 Å². The van der Waals surface area contributed by atoms with Gasteiger partial charge in [0.1, 0.15) is 17.7 Å². The Morgan fingerprint density at radius 2 is 2.21 bits per heavy atom. The molecular weight excluding hydrogens is 245 g/mol. The summed E-state index contributed by atoms with van der Waals surface area (Å²) in [6.07, 6.45) is 0.658. The Morgan fingerprint density at radius 3 is 2.89 bits per heavy atom. The highest BCUT2D eigenvalue weighted by molar-refractivity contribution is 5.36. The van der Waals surface area contributed by atoms with E-state index in [2.05, 4.69) is 19.2 Å². The number of hydrogen-bond acceptors (Lipinski definition) is 3. The lowest BCUT2D eigenvalue weighted by Crippen LogP contribution is -2.34. The quantitative estimate of drug-likeness (QED) is 0.913. The Bertz CT molecular complexity index is 423. The number of rotatable bonds is 3. The number of hydrogen-bond donors (Lipinski definition) is 1. The van der Waals surface area contributed by atoms with E-state index in [-0.39, 0.29) is 11.9 Å². The minimum atomic E-state index is -0.292. The van der Waals surface area contributed by atoms with Crippen LogP contribution in [0.4, 0.5) is 4.39 Å². The molecule has 0 radical (unpaired) electrons. The molecule has 2 rings (SSSR count). The van der Waals surface area contributed by atoms with E-state index in [9.17, 15) is 4.39 Å². The first kappa shape index (κ1) is 14.3. The van der Waals surface area contributed by atoms with Crippen LogP contribution in [0.1, 0.15) is 31.9 Å². The summed E-state index contributed by atoms with van der Waals surface area (Å²) in [6, 6.07) is 5.29. The summed E-state index contributed by atoms with van der Waals surface area (Å²) >= 11 is 0. The van der Waals surface area contributed by atoms with E-state index in [0.29, 0.717) is 36.4 Å². The maximum absolute atomic E-state index is 14.0. The Labute approximate surface area is 114 Å². The van der Waals surface area contributed by atoms with Crippen molar-refractivity contribution in [3.63, 3.8) is 0 Å². The van der Waals surface area contributed by atoms with Gasteiger partial charge in [0.05, 0.1) is 12.7 Å². The zero-order valence-corrected chi connectivity index (χ0v) is 11.8. The van der Waals surface area contributed by atoms with E-state index >= 15 is 0 Å². The minimum absolute atomic E-state index is 0.269. The third-order valence-corrected chi connectivity index (χ3v) is 3.67. The molecular formula is C15H22FNO2. The molecule has 1 N–H and O–H groups in total. The van der Waals surface area contributed by atoms with E-state index in [0.717, 1.165) is 6.42 Å². The highest BCUT2D eigenvalue weighted by Crippen LogP contribution is 2.31. The van der Waals surface area contributed by atoms with Crippen LogP contribution in [-0.4, -0.2) is 26.3 Å². The molecule has 1 heterocycles. The zero-order valence-electron chi connectivity index (χ0n) is 11.8. The minimum Gasteiger partial charge on any atom is -0.496 e. The van der Waals surface area contributed by atoms with Crippen molar-refractivity contribution < 1.29 is 13.9 Å². The van der Waals surface area contributed by atoms with Gasteiger partial charge in [0, 0.05) is 19.2 Å². The average Bonchev–Trinajstić information content (AvgIpc) is 2.64. The average molecular weight is 267 g/mol. The molecule has 2 atom stereocenters. The van der Waals surface area contributed by atoms with Crippen molar-refractivity contribution in [2.24, 2.45) is 5.92 Å². The fourth-order valence-electron chi connectivity index (χ4n) is 2.52. The highest BCUT2D eigenvalue weighted by Gasteiger charge is 2.26. The molecule has 106 valence electrons. The number of methoxy groups -OCH3 is 1. The fourth-order valence-corrected chi connectivity index (χ4v) is 2.52. The third kappa shape index (κ3) is 3.25. The Kier molecular flexibility index (Phi) is 4.77. The van der Waals surface area contributed by atoms with Gasteiger partial charge in [-0.25, -0.2) is 4.39 Å². The number of halogens is 1. The molecule has 1 fully saturated rings. The molecule has 2 unspecified atom stereocenters. The lowest BCUT2D eigenvalue weighted by Gasteiger charge is -2.21. The Morgan fingerprint density at radius 1 is 1.42 bits per heavy atom. The van der Waals surface area contributed by atoms with Crippen molar-refractivity contribution in [2.45, 2.75) is 32.4 Å². The second kappa shape index (κ2) is 6.35. The van der Waals surface area contributed by atoms with E-state index < -0.39 is 0 Å². The molecule has 0 aliphatic carbocycles. The van der Waals surface area contributed by atoms with Crippen LogP contribution in [0.2, 0.25) is 0 Å². The van der Waals surface area contributed by atoms with Crippen LogP contribution in [0.25, 0.3) is 0 Å². The van der Waals surface area contributed by atoms with Crippen LogP contribution in [-0.2, 0) is 4.74 Å². The van der Waals surface area contributed by atoms with Crippen molar-refractivity contribution in [3.8, 4) is 5.75 Å². The Hall–Kier alpha value is -1.13. The van der Waals surface area contributed by atoms with Crippen molar-refractivity contribution >= 4 is 0 Å². The van der Waals surface area contributed by atoms with Gasteiger partial charge in [-0.3, -0.25) is 0 Å². The molecule has 1 aromatic carbocycles. The van der Waals surface area contributed by atoms with E-state index in [1.807, 2.05) is 0 Å². The molecule has 0 amide bonds. The molecule has 0 saturated carbocycles. The van der Waals surface area contributed by atoms with Crippen LogP contribution >= 0.6 is 0 Å². The SMILES string of the molecule is COc1cccc(F)c1C1CNC(C(C)C)CCO1. The van der Waals surface area contributed by atoms with Crippen LogP contribution in [0.3, 0.4) is 0 Å². The first-order valence-electron chi connectivity index (χ1n) is 6.81. The summed E-state index contributed by atoms with van der Waals surface area (Å²) in [4.78, 5) is 0. The number of nitrogens with one attached hydrogen (secondary N) is 1. The lowest BCUT2D eigenvalue weighted by atomic mass is 10.0. The summed E-state index contributed by atoms with van der Waals surface area (Å²) in [7, 11) is 1.55. The van der Waals surface area contributed by atoms with Gasteiger partial charge in [0.2, 0.25) is 0 Å². The monoisotopic (exact) mass is 267 g/mol.